The molecule has 0 amide bonds. The average Bonchev–Trinajstić information content (AvgIpc) is 2.73. The summed E-state index contributed by atoms with van der Waals surface area (Å²) in [5.41, 5.74) is 0.466. The van der Waals surface area contributed by atoms with Crippen molar-refractivity contribution in [3.8, 4) is 0 Å². The number of non-ortho nitro benzene ring substituents is 1. The Hall–Kier alpha value is -1.74. The Bertz CT molecular complexity index is 483. The fraction of sp³-hybridized carbons (Fsp3) is 0.500. The van der Waals surface area contributed by atoms with Gasteiger partial charge in [-0.15, -0.1) is 0 Å². The highest BCUT2D eigenvalue weighted by Crippen LogP contribution is 2.22. The molecule has 1 saturated heterocycles. The van der Waals surface area contributed by atoms with E-state index < -0.39 is 29.3 Å². The van der Waals surface area contributed by atoms with Crippen LogP contribution in [0.1, 0.15) is 0 Å². The summed E-state index contributed by atoms with van der Waals surface area (Å²) in [6.07, 6.45) is -3.77. The molecule has 1 fully saturated rings. The van der Waals surface area contributed by atoms with E-state index in [1.807, 2.05) is 0 Å². The summed E-state index contributed by atoms with van der Waals surface area (Å²) in [5, 5.41) is 41.8. The maximum absolute atomic E-state index is 10.6. The van der Waals surface area contributed by atoms with Gasteiger partial charge in [-0.25, -0.2) is 0 Å². The lowest BCUT2D eigenvalue weighted by molar-refractivity contribution is -0.384. The molecule has 0 aromatic heterocycles. The van der Waals surface area contributed by atoms with Crippen molar-refractivity contribution in [3.05, 3.63) is 34.4 Å². The van der Waals surface area contributed by atoms with Crippen molar-refractivity contribution in [2.45, 2.75) is 24.4 Å². The molecule has 0 saturated carbocycles. The van der Waals surface area contributed by atoms with Gasteiger partial charge in [0.25, 0.3) is 5.69 Å². The number of aliphatic hydroxyl groups excluding tert-OH is 3. The molecule has 1 aromatic carbocycles. The number of nitrogens with zero attached hydrogens (tertiary/aromatic N) is 1. The lowest BCUT2D eigenvalue weighted by Crippen LogP contribution is -2.36. The predicted molar refractivity (Wildman–Crippen MR) is 69.3 cm³/mol. The Balaban J connectivity index is 1.96. The molecule has 1 aliphatic rings. The van der Waals surface area contributed by atoms with Crippen LogP contribution in [0.2, 0.25) is 0 Å². The van der Waals surface area contributed by atoms with Crippen molar-refractivity contribution in [2.75, 3.05) is 18.5 Å². The second-order valence-corrected chi connectivity index (χ2v) is 4.57. The summed E-state index contributed by atoms with van der Waals surface area (Å²) in [4.78, 5) is 10.1. The number of ether oxygens (including phenoxy) is 1. The van der Waals surface area contributed by atoms with E-state index in [4.69, 9.17) is 9.84 Å². The Morgan fingerprint density at radius 3 is 2.60 bits per heavy atom. The number of anilines is 1. The van der Waals surface area contributed by atoms with Crippen LogP contribution >= 0.6 is 0 Å². The number of hydrogen-bond donors (Lipinski definition) is 4. The second kappa shape index (κ2) is 6.14. The van der Waals surface area contributed by atoms with Gasteiger partial charge in [-0.2, -0.15) is 0 Å². The van der Waals surface area contributed by atoms with Crippen molar-refractivity contribution in [3.63, 3.8) is 0 Å². The Kier molecular flexibility index (Phi) is 4.50. The van der Waals surface area contributed by atoms with Crippen LogP contribution in [0.3, 0.4) is 0 Å². The third kappa shape index (κ3) is 3.05. The first-order valence-electron chi connectivity index (χ1n) is 6.13. The van der Waals surface area contributed by atoms with Crippen molar-refractivity contribution in [2.24, 2.45) is 0 Å². The van der Waals surface area contributed by atoms with Crippen LogP contribution in [0.4, 0.5) is 11.4 Å². The maximum Gasteiger partial charge on any atom is 0.271 e. The van der Waals surface area contributed by atoms with Gasteiger partial charge in [0, 0.05) is 24.4 Å². The van der Waals surface area contributed by atoms with Gasteiger partial charge >= 0.3 is 0 Å². The van der Waals surface area contributed by atoms with Gasteiger partial charge in [-0.1, -0.05) is 6.07 Å². The fourth-order valence-electron chi connectivity index (χ4n) is 2.09. The molecule has 4 N–H and O–H groups in total. The van der Waals surface area contributed by atoms with Gasteiger partial charge in [0.1, 0.15) is 24.4 Å². The number of nitro groups is 1. The molecular weight excluding hydrogens is 268 g/mol. The largest absolute Gasteiger partial charge is 0.394 e. The normalized spacial score (nSPS) is 29.4. The van der Waals surface area contributed by atoms with E-state index in [2.05, 4.69) is 5.32 Å². The monoisotopic (exact) mass is 284 g/mol. The maximum atomic E-state index is 10.6. The Labute approximate surface area is 114 Å². The van der Waals surface area contributed by atoms with Crippen molar-refractivity contribution in [1.29, 1.82) is 0 Å². The summed E-state index contributed by atoms with van der Waals surface area (Å²) in [7, 11) is 0. The molecule has 8 nitrogen and oxygen atoms in total. The van der Waals surface area contributed by atoms with Crippen LogP contribution in [0.25, 0.3) is 0 Å². The number of aliphatic hydroxyl groups is 3. The van der Waals surface area contributed by atoms with Crippen LogP contribution < -0.4 is 5.32 Å². The van der Waals surface area contributed by atoms with Crippen LogP contribution in [-0.2, 0) is 4.74 Å². The molecule has 8 heteroatoms. The van der Waals surface area contributed by atoms with E-state index >= 15 is 0 Å². The number of hydrogen-bond acceptors (Lipinski definition) is 7. The van der Waals surface area contributed by atoms with Crippen molar-refractivity contribution < 1.29 is 25.0 Å². The molecule has 0 bridgehead atoms. The lowest BCUT2D eigenvalue weighted by Gasteiger charge is -2.16. The van der Waals surface area contributed by atoms with Crippen LogP contribution in [0.5, 0.6) is 0 Å². The molecular formula is C12H16N2O6. The number of benzene rings is 1. The topological polar surface area (TPSA) is 125 Å². The van der Waals surface area contributed by atoms with E-state index in [-0.39, 0.29) is 18.8 Å². The number of nitrogens with one attached hydrogen (secondary N) is 1. The van der Waals surface area contributed by atoms with E-state index in [1.165, 1.54) is 18.2 Å². The zero-order valence-electron chi connectivity index (χ0n) is 10.5. The highest BCUT2D eigenvalue weighted by molar-refractivity contribution is 5.51. The van der Waals surface area contributed by atoms with Gasteiger partial charge in [0.15, 0.2) is 0 Å². The molecule has 0 spiro atoms. The van der Waals surface area contributed by atoms with Crippen molar-refractivity contribution in [1.82, 2.24) is 0 Å². The first-order chi connectivity index (χ1) is 9.52. The lowest BCUT2D eigenvalue weighted by atomic mass is 10.1. The minimum Gasteiger partial charge on any atom is -0.394 e. The highest BCUT2D eigenvalue weighted by Gasteiger charge is 2.41. The average molecular weight is 284 g/mol. The zero-order valence-corrected chi connectivity index (χ0v) is 10.5. The van der Waals surface area contributed by atoms with Gasteiger partial charge < -0.3 is 25.4 Å². The molecule has 1 aromatic rings. The molecule has 2 rings (SSSR count). The molecule has 0 radical (unpaired) electrons. The number of nitro benzene ring substituents is 1. The van der Waals surface area contributed by atoms with Crippen LogP contribution in [0, 0.1) is 10.1 Å². The first kappa shape index (κ1) is 14.7. The minimum atomic E-state index is -1.14. The third-order valence-corrected chi connectivity index (χ3v) is 3.21. The number of rotatable bonds is 5. The third-order valence-electron chi connectivity index (χ3n) is 3.21. The van der Waals surface area contributed by atoms with E-state index in [9.17, 15) is 20.3 Å². The SMILES string of the molecule is O=[N+]([O-])c1cccc(NC[C@H]2O[C@H](CO)[C@@H](O)[C@@H]2O)c1. The molecule has 0 unspecified atom stereocenters. The fourth-order valence-corrected chi connectivity index (χ4v) is 2.09. The molecule has 1 heterocycles. The summed E-state index contributed by atoms with van der Waals surface area (Å²) in [6.45, 7) is -0.221. The predicted octanol–water partition coefficient (Wildman–Crippen LogP) is -0.512. The zero-order chi connectivity index (χ0) is 14.7. The summed E-state index contributed by atoms with van der Waals surface area (Å²) in [5.74, 6) is 0. The standard InChI is InChI=1S/C12H16N2O6/c15-6-10-12(17)11(16)9(20-10)5-13-7-2-1-3-8(4-7)14(18)19/h1-4,9-13,15-17H,5-6H2/t9-,10-,11-,12-/m1/s1. The van der Waals surface area contributed by atoms with E-state index in [0.29, 0.717) is 5.69 Å². The smallest absolute Gasteiger partial charge is 0.271 e. The van der Waals surface area contributed by atoms with Gasteiger partial charge in [-0.3, -0.25) is 10.1 Å². The Morgan fingerprint density at radius 2 is 2.00 bits per heavy atom. The van der Waals surface area contributed by atoms with Crippen molar-refractivity contribution >= 4 is 11.4 Å². The summed E-state index contributed by atoms with van der Waals surface area (Å²) in [6, 6.07) is 5.92. The Morgan fingerprint density at radius 1 is 1.30 bits per heavy atom. The second-order valence-electron chi connectivity index (χ2n) is 4.57. The summed E-state index contributed by atoms with van der Waals surface area (Å²) >= 11 is 0. The molecule has 0 aliphatic carbocycles. The minimum absolute atomic E-state index is 0.0452. The van der Waals surface area contributed by atoms with E-state index in [0.717, 1.165) is 0 Å². The molecule has 4 atom stereocenters. The van der Waals surface area contributed by atoms with E-state index in [1.54, 1.807) is 6.07 Å². The molecule has 20 heavy (non-hydrogen) atoms. The highest BCUT2D eigenvalue weighted by atomic mass is 16.6. The molecule has 1 aliphatic heterocycles. The van der Waals surface area contributed by atoms with Gasteiger partial charge in [0.05, 0.1) is 11.5 Å². The van der Waals surface area contributed by atoms with Gasteiger partial charge in [0.2, 0.25) is 0 Å². The van der Waals surface area contributed by atoms with Gasteiger partial charge in [-0.05, 0) is 6.07 Å². The summed E-state index contributed by atoms with van der Waals surface area (Å²) < 4.78 is 5.29. The quantitative estimate of drug-likeness (QED) is 0.424. The van der Waals surface area contributed by atoms with Crippen LogP contribution in [0.15, 0.2) is 24.3 Å². The van der Waals surface area contributed by atoms with Crippen LogP contribution in [-0.4, -0.2) is 57.8 Å². The molecule has 110 valence electrons. The first-order valence-corrected chi connectivity index (χ1v) is 6.13.